The summed E-state index contributed by atoms with van der Waals surface area (Å²) >= 11 is 6.34. The van der Waals surface area contributed by atoms with Gasteiger partial charge in [0.25, 0.3) is 5.91 Å². The van der Waals surface area contributed by atoms with Gasteiger partial charge in [-0.2, -0.15) is 0 Å². The summed E-state index contributed by atoms with van der Waals surface area (Å²) in [5, 5.41) is 0.369. The van der Waals surface area contributed by atoms with E-state index in [0.29, 0.717) is 34.5 Å². The second kappa shape index (κ2) is 6.36. The Bertz CT molecular complexity index is 690. The summed E-state index contributed by atoms with van der Waals surface area (Å²) < 4.78 is 0. The highest BCUT2D eigenvalue weighted by molar-refractivity contribution is 6.33. The largest absolute Gasteiger partial charge is 0.341 e. The monoisotopic (exact) mass is 374 g/mol. The SMILES string of the molecule is CN(C(=O)c1nc(N2CCCC2)ncc1Cl)C1C2CC3CC(C2)CC1C3. The quantitative estimate of drug-likeness (QED) is 0.810. The third-order valence-electron chi connectivity index (χ3n) is 7.27. The van der Waals surface area contributed by atoms with Crippen LogP contribution in [-0.4, -0.2) is 47.0 Å². The van der Waals surface area contributed by atoms with Gasteiger partial charge in [0.15, 0.2) is 5.69 Å². The van der Waals surface area contributed by atoms with Gasteiger partial charge in [-0.3, -0.25) is 4.79 Å². The lowest BCUT2D eigenvalue weighted by Crippen LogP contribution is -2.56. The lowest BCUT2D eigenvalue weighted by molar-refractivity contribution is -0.0492. The zero-order valence-electron chi connectivity index (χ0n) is 15.4. The number of hydrogen-bond donors (Lipinski definition) is 0. The summed E-state index contributed by atoms with van der Waals surface area (Å²) in [5.41, 5.74) is 0.375. The normalized spacial score (nSPS) is 35.2. The van der Waals surface area contributed by atoms with E-state index in [2.05, 4.69) is 14.9 Å². The van der Waals surface area contributed by atoms with Crippen LogP contribution in [0.25, 0.3) is 0 Å². The molecule has 1 aliphatic heterocycles. The number of amides is 1. The molecular formula is C20H27ClN4O. The zero-order valence-corrected chi connectivity index (χ0v) is 16.2. The number of carbonyl (C=O) groups excluding carboxylic acids is 1. The Hall–Kier alpha value is -1.36. The Morgan fingerprint density at radius 2 is 1.73 bits per heavy atom. The van der Waals surface area contributed by atoms with E-state index >= 15 is 0 Å². The molecule has 0 spiro atoms. The first-order valence-electron chi connectivity index (χ1n) is 10.1. The van der Waals surface area contributed by atoms with Crippen LogP contribution in [-0.2, 0) is 0 Å². The fraction of sp³-hybridized carbons (Fsp3) is 0.750. The van der Waals surface area contributed by atoms with Gasteiger partial charge in [0.1, 0.15) is 0 Å². The molecule has 6 rings (SSSR count). The van der Waals surface area contributed by atoms with Crippen molar-refractivity contribution in [2.24, 2.45) is 23.7 Å². The number of hydrogen-bond acceptors (Lipinski definition) is 4. The Kier molecular flexibility index (Phi) is 4.11. The molecule has 0 unspecified atom stereocenters. The van der Waals surface area contributed by atoms with Crippen LogP contribution in [0.2, 0.25) is 5.02 Å². The summed E-state index contributed by atoms with van der Waals surface area (Å²) in [6.45, 7) is 1.92. The van der Waals surface area contributed by atoms with Crippen LogP contribution in [0, 0.1) is 23.7 Å². The van der Waals surface area contributed by atoms with E-state index in [4.69, 9.17) is 11.6 Å². The predicted octanol–water partition coefficient (Wildman–Crippen LogP) is 3.63. The predicted molar refractivity (Wildman–Crippen MR) is 101 cm³/mol. The van der Waals surface area contributed by atoms with Crippen LogP contribution in [0.1, 0.15) is 55.4 Å². The molecular weight excluding hydrogens is 348 g/mol. The molecule has 140 valence electrons. The second-order valence-corrected chi connectivity index (χ2v) is 9.31. The number of aromatic nitrogens is 2. The highest BCUT2D eigenvalue weighted by Crippen LogP contribution is 2.55. The van der Waals surface area contributed by atoms with E-state index in [1.165, 1.54) is 32.1 Å². The molecule has 5 nitrogen and oxygen atoms in total. The van der Waals surface area contributed by atoms with E-state index in [0.717, 1.165) is 37.8 Å². The van der Waals surface area contributed by atoms with Crippen molar-refractivity contribution in [2.45, 2.75) is 51.0 Å². The molecule has 1 aromatic rings. The summed E-state index contributed by atoms with van der Waals surface area (Å²) in [6, 6.07) is 0.358. The van der Waals surface area contributed by atoms with Crippen molar-refractivity contribution >= 4 is 23.5 Å². The van der Waals surface area contributed by atoms with Crippen LogP contribution in [0.4, 0.5) is 5.95 Å². The standard InChI is InChI=1S/C20H27ClN4O/c1-24(18-14-7-12-6-13(9-14)10-15(18)8-12)19(26)17-16(21)11-22-20(23-17)25-4-2-3-5-25/h11-15,18H,2-10H2,1H3. The number of nitrogens with zero attached hydrogens (tertiary/aromatic N) is 4. The van der Waals surface area contributed by atoms with Crippen molar-refractivity contribution in [1.29, 1.82) is 0 Å². The Morgan fingerprint density at radius 1 is 1.12 bits per heavy atom. The smallest absolute Gasteiger partial charge is 0.274 e. The molecule has 5 aliphatic rings. The summed E-state index contributed by atoms with van der Waals surface area (Å²) in [5.74, 6) is 3.75. The molecule has 1 aromatic heterocycles. The lowest BCUT2D eigenvalue weighted by Gasteiger charge is -2.56. The summed E-state index contributed by atoms with van der Waals surface area (Å²) in [7, 11) is 1.96. The Labute approximate surface area is 160 Å². The van der Waals surface area contributed by atoms with E-state index < -0.39 is 0 Å². The molecule has 1 saturated heterocycles. The third-order valence-corrected chi connectivity index (χ3v) is 7.54. The first kappa shape index (κ1) is 16.8. The molecule has 0 aromatic carbocycles. The molecule has 5 fully saturated rings. The van der Waals surface area contributed by atoms with Crippen molar-refractivity contribution in [3.63, 3.8) is 0 Å². The maximum Gasteiger partial charge on any atom is 0.274 e. The molecule has 4 bridgehead atoms. The van der Waals surface area contributed by atoms with Crippen LogP contribution >= 0.6 is 11.6 Å². The number of rotatable bonds is 3. The second-order valence-electron chi connectivity index (χ2n) is 8.90. The molecule has 1 amide bonds. The minimum Gasteiger partial charge on any atom is -0.341 e. The third kappa shape index (κ3) is 2.70. The number of halogens is 1. The van der Waals surface area contributed by atoms with Gasteiger partial charge in [-0.05, 0) is 68.6 Å². The zero-order chi connectivity index (χ0) is 17.8. The van der Waals surface area contributed by atoms with Gasteiger partial charge in [-0.25, -0.2) is 9.97 Å². The van der Waals surface area contributed by atoms with Gasteiger partial charge in [0.2, 0.25) is 5.95 Å². The van der Waals surface area contributed by atoms with E-state index in [-0.39, 0.29) is 5.91 Å². The molecule has 4 aliphatic carbocycles. The fourth-order valence-electron chi connectivity index (χ4n) is 6.41. The maximum absolute atomic E-state index is 13.3. The minimum atomic E-state index is -0.0321. The van der Waals surface area contributed by atoms with Gasteiger partial charge in [0.05, 0.1) is 11.2 Å². The average molecular weight is 375 g/mol. The number of carbonyl (C=O) groups is 1. The Morgan fingerprint density at radius 3 is 2.35 bits per heavy atom. The van der Waals surface area contributed by atoms with Crippen LogP contribution in [0.15, 0.2) is 6.20 Å². The molecule has 6 heteroatoms. The minimum absolute atomic E-state index is 0.0321. The Balaban J connectivity index is 1.40. The number of anilines is 1. The van der Waals surface area contributed by atoms with Crippen molar-refractivity contribution in [1.82, 2.24) is 14.9 Å². The van der Waals surface area contributed by atoms with E-state index in [9.17, 15) is 4.79 Å². The lowest BCUT2D eigenvalue weighted by atomic mass is 9.54. The van der Waals surface area contributed by atoms with Crippen molar-refractivity contribution in [3.05, 3.63) is 16.9 Å². The molecule has 0 N–H and O–H groups in total. The molecule has 26 heavy (non-hydrogen) atoms. The molecule has 2 heterocycles. The van der Waals surface area contributed by atoms with Gasteiger partial charge in [-0.1, -0.05) is 11.6 Å². The van der Waals surface area contributed by atoms with Crippen molar-refractivity contribution in [3.8, 4) is 0 Å². The van der Waals surface area contributed by atoms with Crippen LogP contribution < -0.4 is 4.90 Å². The molecule has 0 atom stereocenters. The van der Waals surface area contributed by atoms with Crippen molar-refractivity contribution in [2.75, 3.05) is 25.0 Å². The van der Waals surface area contributed by atoms with Gasteiger partial charge >= 0.3 is 0 Å². The first-order chi connectivity index (χ1) is 12.6. The highest BCUT2D eigenvalue weighted by Gasteiger charge is 2.50. The highest BCUT2D eigenvalue weighted by atomic mass is 35.5. The van der Waals surface area contributed by atoms with Crippen LogP contribution in [0.5, 0.6) is 0 Å². The first-order valence-corrected chi connectivity index (χ1v) is 10.5. The maximum atomic E-state index is 13.3. The van der Waals surface area contributed by atoms with Gasteiger partial charge < -0.3 is 9.80 Å². The van der Waals surface area contributed by atoms with Crippen LogP contribution in [0.3, 0.4) is 0 Å². The van der Waals surface area contributed by atoms with Gasteiger partial charge in [0, 0.05) is 26.2 Å². The fourth-order valence-corrected chi connectivity index (χ4v) is 6.58. The average Bonchev–Trinajstić information content (AvgIpc) is 3.15. The summed E-state index contributed by atoms with van der Waals surface area (Å²) in [4.78, 5) is 26.3. The van der Waals surface area contributed by atoms with Gasteiger partial charge in [-0.15, -0.1) is 0 Å². The topological polar surface area (TPSA) is 49.3 Å². The molecule has 0 radical (unpaired) electrons. The van der Waals surface area contributed by atoms with E-state index in [1.807, 2.05) is 11.9 Å². The summed E-state index contributed by atoms with van der Waals surface area (Å²) in [6.07, 6.45) is 10.5. The van der Waals surface area contributed by atoms with E-state index in [1.54, 1.807) is 6.20 Å². The molecule has 4 saturated carbocycles. The van der Waals surface area contributed by atoms with Crippen molar-refractivity contribution < 1.29 is 4.79 Å².